The van der Waals surface area contributed by atoms with E-state index in [1.165, 1.54) is 5.56 Å². The summed E-state index contributed by atoms with van der Waals surface area (Å²) >= 11 is 1.88. The third kappa shape index (κ3) is 2.09. The predicted octanol–water partition coefficient (Wildman–Crippen LogP) is 2.76. The largest absolute Gasteiger partial charge is 0.399 e. The SMILES string of the molecule is Nc1ccc2nc(CN3CCc4sccc4C3)[nH]c2c1. The van der Waals surface area contributed by atoms with E-state index in [-0.39, 0.29) is 0 Å². The molecule has 20 heavy (non-hydrogen) atoms. The van der Waals surface area contributed by atoms with Crippen LogP contribution in [0.4, 0.5) is 5.69 Å². The number of aromatic amines is 1. The van der Waals surface area contributed by atoms with E-state index in [0.29, 0.717) is 0 Å². The molecule has 102 valence electrons. The van der Waals surface area contributed by atoms with Crippen LogP contribution in [-0.2, 0) is 19.5 Å². The molecule has 3 heterocycles. The molecule has 3 N–H and O–H groups in total. The minimum Gasteiger partial charge on any atom is -0.399 e. The second kappa shape index (κ2) is 4.61. The number of H-pyrrole nitrogens is 1. The van der Waals surface area contributed by atoms with Gasteiger partial charge in [-0.25, -0.2) is 4.98 Å². The highest BCUT2D eigenvalue weighted by Gasteiger charge is 2.18. The zero-order valence-electron chi connectivity index (χ0n) is 11.1. The van der Waals surface area contributed by atoms with E-state index in [4.69, 9.17) is 5.73 Å². The summed E-state index contributed by atoms with van der Waals surface area (Å²) in [5.41, 5.74) is 10.1. The van der Waals surface area contributed by atoms with Gasteiger partial charge < -0.3 is 10.7 Å². The van der Waals surface area contributed by atoms with E-state index < -0.39 is 0 Å². The lowest BCUT2D eigenvalue weighted by molar-refractivity contribution is 0.242. The highest BCUT2D eigenvalue weighted by atomic mass is 32.1. The highest BCUT2D eigenvalue weighted by Crippen LogP contribution is 2.25. The fraction of sp³-hybridized carbons (Fsp3) is 0.267. The van der Waals surface area contributed by atoms with Crippen LogP contribution >= 0.6 is 11.3 Å². The number of aromatic nitrogens is 2. The van der Waals surface area contributed by atoms with Crippen LogP contribution in [0.3, 0.4) is 0 Å². The number of rotatable bonds is 2. The Hall–Kier alpha value is -1.85. The molecule has 0 aliphatic carbocycles. The molecular weight excluding hydrogens is 268 g/mol. The van der Waals surface area contributed by atoms with Crippen molar-refractivity contribution >= 4 is 28.1 Å². The van der Waals surface area contributed by atoms with Gasteiger partial charge in [0.15, 0.2) is 0 Å². The summed E-state index contributed by atoms with van der Waals surface area (Å²) in [6, 6.07) is 8.05. The Morgan fingerprint density at radius 3 is 3.25 bits per heavy atom. The molecule has 0 saturated heterocycles. The topological polar surface area (TPSA) is 57.9 Å². The number of fused-ring (bicyclic) bond motifs is 2. The minimum atomic E-state index is 0.772. The van der Waals surface area contributed by atoms with E-state index in [9.17, 15) is 0 Å². The van der Waals surface area contributed by atoms with Gasteiger partial charge in [-0.3, -0.25) is 4.90 Å². The minimum absolute atomic E-state index is 0.772. The van der Waals surface area contributed by atoms with Crippen LogP contribution in [0.25, 0.3) is 11.0 Å². The number of thiophene rings is 1. The molecule has 2 aromatic heterocycles. The van der Waals surface area contributed by atoms with Crippen LogP contribution in [0.15, 0.2) is 29.6 Å². The zero-order valence-corrected chi connectivity index (χ0v) is 11.9. The molecule has 0 fully saturated rings. The molecule has 4 nitrogen and oxygen atoms in total. The molecule has 0 bridgehead atoms. The average molecular weight is 284 g/mol. The standard InChI is InChI=1S/C15H16N4S/c16-11-1-2-12-13(7-11)18-15(17-12)9-19-5-3-14-10(8-19)4-6-20-14/h1-2,4,6-7H,3,5,8-9,16H2,(H,17,18). The van der Waals surface area contributed by atoms with Crippen molar-refractivity contribution in [1.29, 1.82) is 0 Å². The first-order chi connectivity index (χ1) is 9.78. The smallest absolute Gasteiger partial charge is 0.121 e. The van der Waals surface area contributed by atoms with Crippen molar-refractivity contribution < 1.29 is 0 Å². The van der Waals surface area contributed by atoms with E-state index in [1.807, 2.05) is 29.5 Å². The number of nitrogens with one attached hydrogen (secondary N) is 1. The molecule has 1 aliphatic rings. The van der Waals surface area contributed by atoms with E-state index in [1.54, 1.807) is 4.88 Å². The number of nitrogens with two attached hydrogens (primary N) is 1. The van der Waals surface area contributed by atoms with Crippen molar-refractivity contribution in [3.05, 3.63) is 45.9 Å². The number of nitrogens with zero attached hydrogens (tertiary/aromatic N) is 2. The van der Waals surface area contributed by atoms with Crippen molar-refractivity contribution in [2.75, 3.05) is 12.3 Å². The number of anilines is 1. The Labute approximate surface area is 121 Å². The Kier molecular flexibility index (Phi) is 2.75. The maximum Gasteiger partial charge on any atom is 0.121 e. The van der Waals surface area contributed by atoms with Crippen LogP contribution in [0, 0.1) is 0 Å². The molecule has 1 aliphatic heterocycles. The van der Waals surface area contributed by atoms with Crippen LogP contribution in [0.1, 0.15) is 16.3 Å². The highest BCUT2D eigenvalue weighted by molar-refractivity contribution is 7.10. The molecular formula is C15H16N4S. The maximum atomic E-state index is 5.80. The van der Waals surface area contributed by atoms with E-state index >= 15 is 0 Å². The normalized spacial score (nSPS) is 15.6. The Morgan fingerprint density at radius 2 is 2.30 bits per heavy atom. The lowest BCUT2D eigenvalue weighted by atomic mass is 10.1. The van der Waals surface area contributed by atoms with Gasteiger partial charge in [-0.05, 0) is 41.6 Å². The molecule has 0 atom stereocenters. The first-order valence-corrected chi connectivity index (χ1v) is 7.67. The van der Waals surface area contributed by atoms with Gasteiger partial charge in [0.25, 0.3) is 0 Å². The number of hydrogen-bond acceptors (Lipinski definition) is 4. The quantitative estimate of drug-likeness (QED) is 0.711. The third-order valence-electron chi connectivity index (χ3n) is 3.82. The van der Waals surface area contributed by atoms with Gasteiger partial charge in [-0.2, -0.15) is 0 Å². The molecule has 0 unspecified atom stereocenters. The fourth-order valence-corrected chi connectivity index (χ4v) is 3.70. The summed E-state index contributed by atoms with van der Waals surface area (Å²) in [6.45, 7) is 2.99. The molecule has 0 spiro atoms. The van der Waals surface area contributed by atoms with Crippen LogP contribution in [-0.4, -0.2) is 21.4 Å². The first kappa shape index (κ1) is 11.9. The summed E-state index contributed by atoms with van der Waals surface area (Å²) in [6.07, 6.45) is 1.15. The molecule has 3 aromatic rings. The molecule has 0 amide bonds. The lowest BCUT2D eigenvalue weighted by Crippen LogP contribution is -2.29. The number of imidazole rings is 1. The number of hydrogen-bond donors (Lipinski definition) is 2. The van der Waals surface area contributed by atoms with Crippen molar-refractivity contribution in [2.24, 2.45) is 0 Å². The monoisotopic (exact) mass is 284 g/mol. The summed E-state index contributed by atoms with van der Waals surface area (Å²) in [5.74, 6) is 1.02. The van der Waals surface area contributed by atoms with Crippen LogP contribution in [0.5, 0.6) is 0 Å². The molecule has 0 saturated carbocycles. The molecule has 1 aromatic carbocycles. The molecule has 4 rings (SSSR count). The Morgan fingerprint density at radius 1 is 1.35 bits per heavy atom. The van der Waals surface area contributed by atoms with Crippen LogP contribution < -0.4 is 5.73 Å². The number of nitrogen functional groups attached to an aromatic ring is 1. The van der Waals surface area contributed by atoms with Crippen LogP contribution in [0.2, 0.25) is 0 Å². The van der Waals surface area contributed by atoms with Gasteiger partial charge in [0.05, 0.1) is 17.6 Å². The maximum absolute atomic E-state index is 5.80. The summed E-state index contributed by atoms with van der Waals surface area (Å²) in [5, 5.41) is 2.19. The number of benzene rings is 1. The Bertz CT molecular complexity index is 758. The van der Waals surface area contributed by atoms with Gasteiger partial charge in [-0.15, -0.1) is 11.3 Å². The van der Waals surface area contributed by atoms with Gasteiger partial charge in [0, 0.05) is 23.7 Å². The first-order valence-electron chi connectivity index (χ1n) is 6.80. The molecule has 0 radical (unpaired) electrons. The Balaban J connectivity index is 1.56. The van der Waals surface area contributed by atoms with E-state index in [2.05, 4.69) is 26.3 Å². The summed E-state index contributed by atoms with van der Waals surface area (Å²) in [4.78, 5) is 12.0. The average Bonchev–Trinajstić information content (AvgIpc) is 3.03. The predicted molar refractivity (Wildman–Crippen MR) is 82.6 cm³/mol. The van der Waals surface area contributed by atoms with Crippen molar-refractivity contribution in [3.63, 3.8) is 0 Å². The van der Waals surface area contributed by atoms with Crippen molar-refractivity contribution in [3.8, 4) is 0 Å². The summed E-state index contributed by atoms with van der Waals surface area (Å²) in [7, 11) is 0. The fourth-order valence-electron chi connectivity index (χ4n) is 2.81. The van der Waals surface area contributed by atoms with Gasteiger partial charge in [0.2, 0.25) is 0 Å². The summed E-state index contributed by atoms with van der Waals surface area (Å²) < 4.78 is 0. The molecule has 5 heteroatoms. The zero-order chi connectivity index (χ0) is 13.5. The second-order valence-electron chi connectivity index (χ2n) is 5.29. The van der Waals surface area contributed by atoms with Crippen molar-refractivity contribution in [1.82, 2.24) is 14.9 Å². The van der Waals surface area contributed by atoms with Crippen molar-refractivity contribution in [2.45, 2.75) is 19.5 Å². The van der Waals surface area contributed by atoms with Gasteiger partial charge in [-0.1, -0.05) is 0 Å². The van der Waals surface area contributed by atoms with E-state index in [0.717, 1.165) is 48.6 Å². The lowest BCUT2D eigenvalue weighted by Gasteiger charge is -2.25. The van der Waals surface area contributed by atoms with Gasteiger partial charge >= 0.3 is 0 Å². The second-order valence-corrected chi connectivity index (χ2v) is 6.29. The van der Waals surface area contributed by atoms with Gasteiger partial charge in [0.1, 0.15) is 5.82 Å². The third-order valence-corrected chi connectivity index (χ3v) is 4.84.